The van der Waals surface area contributed by atoms with E-state index in [9.17, 15) is 9.59 Å². The first kappa shape index (κ1) is 17.0. The molecular formula is C18H19N7O2. The lowest BCUT2D eigenvalue weighted by Crippen LogP contribution is -2.42. The van der Waals surface area contributed by atoms with E-state index < -0.39 is 6.04 Å². The minimum Gasteiger partial charge on any atom is -0.340 e. The topological polar surface area (TPSA) is 97.9 Å². The molecule has 1 atom stereocenters. The molecule has 9 heteroatoms. The lowest BCUT2D eigenvalue weighted by Gasteiger charge is -2.17. The molecule has 0 aliphatic carbocycles. The van der Waals surface area contributed by atoms with Crippen molar-refractivity contribution in [3.8, 4) is 5.82 Å². The van der Waals surface area contributed by atoms with E-state index in [0.29, 0.717) is 24.3 Å². The van der Waals surface area contributed by atoms with Crippen LogP contribution >= 0.6 is 0 Å². The molecule has 1 aliphatic heterocycles. The summed E-state index contributed by atoms with van der Waals surface area (Å²) in [5.74, 6) is 0.953. The minimum absolute atomic E-state index is 0.130. The van der Waals surface area contributed by atoms with Gasteiger partial charge in [-0.1, -0.05) is 0 Å². The third-order valence-corrected chi connectivity index (χ3v) is 4.54. The molecule has 138 valence electrons. The number of amides is 2. The number of hydrogen-bond donors (Lipinski definition) is 1. The van der Waals surface area contributed by atoms with Gasteiger partial charge in [0, 0.05) is 38.2 Å². The average molecular weight is 365 g/mol. The third kappa shape index (κ3) is 3.19. The quantitative estimate of drug-likeness (QED) is 0.739. The molecule has 0 bridgehead atoms. The first-order valence-electron chi connectivity index (χ1n) is 8.60. The average Bonchev–Trinajstić information content (AvgIpc) is 3.37. The summed E-state index contributed by atoms with van der Waals surface area (Å²) in [6.07, 6.45) is 7.10. The van der Waals surface area contributed by atoms with Gasteiger partial charge in [0.15, 0.2) is 0 Å². The van der Waals surface area contributed by atoms with Crippen LogP contribution in [0.4, 0.5) is 5.82 Å². The van der Waals surface area contributed by atoms with Crippen molar-refractivity contribution >= 4 is 17.6 Å². The van der Waals surface area contributed by atoms with Crippen LogP contribution in [0.15, 0.2) is 43.1 Å². The van der Waals surface area contributed by atoms with Gasteiger partial charge in [-0.05, 0) is 25.5 Å². The number of carbonyl (C=O) groups is 2. The minimum atomic E-state index is -0.555. The highest BCUT2D eigenvalue weighted by Gasteiger charge is 2.35. The van der Waals surface area contributed by atoms with Crippen molar-refractivity contribution < 1.29 is 9.59 Å². The Morgan fingerprint density at radius 3 is 2.81 bits per heavy atom. The maximum absolute atomic E-state index is 12.7. The highest BCUT2D eigenvalue weighted by Crippen LogP contribution is 2.22. The highest BCUT2D eigenvalue weighted by molar-refractivity contribution is 6.03. The van der Waals surface area contributed by atoms with Crippen molar-refractivity contribution in [1.82, 2.24) is 29.6 Å². The van der Waals surface area contributed by atoms with Crippen molar-refractivity contribution in [3.63, 3.8) is 0 Å². The van der Waals surface area contributed by atoms with Crippen molar-refractivity contribution in [2.75, 3.05) is 11.4 Å². The molecular weight excluding hydrogens is 346 g/mol. The van der Waals surface area contributed by atoms with E-state index in [1.54, 1.807) is 52.1 Å². The first-order valence-corrected chi connectivity index (χ1v) is 8.60. The monoisotopic (exact) mass is 365 g/mol. The van der Waals surface area contributed by atoms with Crippen LogP contribution in [0.1, 0.15) is 22.5 Å². The van der Waals surface area contributed by atoms with E-state index in [2.05, 4.69) is 20.4 Å². The van der Waals surface area contributed by atoms with Crippen LogP contribution < -0.4 is 10.2 Å². The zero-order valence-corrected chi connectivity index (χ0v) is 15.0. The molecule has 1 fully saturated rings. The Morgan fingerprint density at radius 2 is 2.19 bits per heavy atom. The molecule has 9 nitrogen and oxygen atoms in total. The van der Waals surface area contributed by atoms with E-state index in [-0.39, 0.29) is 11.8 Å². The summed E-state index contributed by atoms with van der Waals surface area (Å²) in [6.45, 7) is 2.42. The number of aryl methyl sites for hydroxylation is 2. The van der Waals surface area contributed by atoms with Gasteiger partial charge in [-0.25, -0.2) is 9.97 Å². The van der Waals surface area contributed by atoms with Crippen molar-refractivity contribution in [1.29, 1.82) is 0 Å². The smallest absolute Gasteiger partial charge is 0.253 e. The molecule has 4 heterocycles. The van der Waals surface area contributed by atoms with Gasteiger partial charge in [-0.3, -0.25) is 23.7 Å². The van der Waals surface area contributed by atoms with Crippen LogP contribution in [-0.2, 0) is 11.8 Å². The van der Waals surface area contributed by atoms with Crippen molar-refractivity contribution in [3.05, 3.63) is 54.4 Å². The fourth-order valence-corrected chi connectivity index (χ4v) is 3.20. The first-order chi connectivity index (χ1) is 13.0. The fraction of sp³-hybridized carbons (Fsp3) is 0.278. The molecule has 27 heavy (non-hydrogen) atoms. The normalized spacial score (nSPS) is 16.7. The molecule has 0 aromatic carbocycles. The standard InChI is InChI=1S/C18H19N7O2/c1-12-9-16(23(2)22-12)25-7-5-14(18(25)27)21-17(26)13-3-4-15(20-10-13)24-8-6-19-11-24/h3-4,6,8-11,14H,5,7H2,1-2H3,(H,21,26). The number of carbonyl (C=O) groups excluding carboxylic acids is 2. The van der Waals surface area contributed by atoms with Crippen LogP contribution in [-0.4, -0.2) is 48.7 Å². The van der Waals surface area contributed by atoms with Gasteiger partial charge < -0.3 is 5.32 Å². The van der Waals surface area contributed by atoms with E-state index in [4.69, 9.17) is 0 Å². The summed E-state index contributed by atoms with van der Waals surface area (Å²) in [5.41, 5.74) is 1.25. The number of aromatic nitrogens is 5. The number of imidazole rings is 1. The Bertz CT molecular complexity index is 976. The molecule has 0 spiro atoms. The van der Waals surface area contributed by atoms with E-state index >= 15 is 0 Å². The Hall–Kier alpha value is -3.49. The predicted octanol–water partition coefficient (Wildman–Crippen LogP) is 0.845. The Labute approximate surface area is 155 Å². The maximum atomic E-state index is 12.7. The summed E-state index contributed by atoms with van der Waals surface area (Å²) < 4.78 is 3.42. The molecule has 4 rings (SSSR count). The fourth-order valence-electron chi connectivity index (χ4n) is 3.20. The number of hydrogen-bond acceptors (Lipinski definition) is 5. The lowest BCUT2D eigenvalue weighted by molar-refractivity contribution is -0.118. The molecule has 1 aliphatic rings. The van der Waals surface area contributed by atoms with Crippen LogP contribution in [0, 0.1) is 6.92 Å². The van der Waals surface area contributed by atoms with Crippen LogP contribution in [0.25, 0.3) is 5.82 Å². The molecule has 1 N–H and O–H groups in total. The largest absolute Gasteiger partial charge is 0.340 e. The molecule has 0 saturated carbocycles. The molecule has 2 amide bonds. The summed E-state index contributed by atoms with van der Waals surface area (Å²) in [5, 5.41) is 7.08. The zero-order chi connectivity index (χ0) is 19.0. The Kier molecular flexibility index (Phi) is 4.19. The second-order valence-electron chi connectivity index (χ2n) is 6.45. The van der Waals surface area contributed by atoms with Gasteiger partial charge in [0.25, 0.3) is 11.8 Å². The number of rotatable bonds is 4. The summed E-state index contributed by atoms with van der Waals surface area (Å²) in [4.78, 5) is 35.1. The maximum Gasteiger partial charge on any atom is 0.253 e. The van der Waals surface area contributed by atoms with Crippen LogP contribution in [0.3, 0.4) is 0 Å². The van der Waals surface area contributed by atoms with Gasteiger partial charge in [-0.15, -0.1) is 0 Å². The summed E-state index contributed by atoms with van der Waals surface area (Å²) >= 11 is 0. The second kappa shape index (κ2) is 6.67. The summed E-state index contributed by atoms with van der Waals surface area (Å²) in [6, 6.07) is 4.72. The zero-order valence-electron chi connectivity index (χ0n) is 15.0. The van der Waals surface area contributed by atoms with Gasteiger partial charge in [0.2, 0.25) is 0 Å². The van der Waals surface area contributed by atoms with E-state index in [0.717, 1.165) is 11.5 Å². The molecule has 0 radical (unpaired) electrons. The number of anilines is 1. The van der Waals surface area contributed by atoms with Gasteiger partial charge in [0.05, 0.1) is 11.3 Å². The number of nitrogens with one attached hydrogen (secondary N) is 1. The van der Waals surface area contributed by atoms with Crippen LogP contribution in [0.2, 0.25) is 0 Å². The van der Waals surface area contributed by atoms with E-state index in [1.165, 1.54) is 6.20 Å². The summed E-state index contributed by atoms with van der Waals surface area (Å²) in [7, 11) is 1.80. The molecule has 3 aromatic heterocycles. The highest BCUT2D eigenvalue weighted by atomic mass is 16.2. The van der Waals surface area contributed by atoms with Gasteiger partial charge in [-0.2, -0.15) is 5.10 Å². The molecule has 1 unspecified atom stereocenters. The number of nitrogens with zero attached hydrogens (tertiary/aromatic N) is 6. The van der Waals surface area contributed by atoms with Gasteiger partial charge in [0.1, 0.15) is 24.0 Å². The van der Waals surface area contributed by atoms with E-state index in [1.807, 2.05) is 13.0 Å². The molecule has 3 aromatic rings. The van der Waals surface area contributed by atoms with Gasteiger partial charge >= 0.3 is 0 Å². The third-order valence-electron chi connectivity index (χ3n) is 4.54. The Morgan fingerprint density at radius 1 is 1.33 bits per heavy atom. The Balaban J connectivity index is 1.44. The lowest BCUT2D eigenvalue weighted by atomic mass is 10.2. The van der Waals surface area contributed by atoms with Crippen molar-refractivity contribution in [2.24, 2.45) is 7.05 Å². The number of pyridine rings is 1. The molecule has 1 saturated heterocycles. The second-order valence-corrected chi connectivity index (χ2v) is 6.45. The predicted molar refractivity (Wildman–Crippen MR) is 97.5 cm³/mol. The van der Waals surface area contributed by atoms with Crippen LogP contribution in [0.5, 0.6) is 0 Å². The van der Waals surface area contributed by atoms with Crippen molar-refractivity contribution in [2.45, 2.75) is 19.4 Å². The SMILES string of the molecule is Cc1cc(N2CCC(NC(=O)c3ccc(-n4ccnc4)nc3)C2=O)n(C)n1.